The molecule has 0 aliphatic heterocycles. The number of aromatic nitrogens is 2. The summed E-state index contributed by atoms with van der Waals surface area (Å²) in [5.74, 6) is 0.351. The zero-order valence-electron chi connectivity index (χ0n) is 12.5. The predicted molar refractivity (Wildman–Crippen MR) is 77.5 cm³/mol. The Morgan fingerprint density at radius 1 is 1.35 bits per heavy atom. The number of nitrogens with one attached hydrogen (secondary N) is 1. The van der Waals surface area contributed by atoms with Crippen LogP contribution in [0.4, 0.5) is 0 Å². The molecule has 1 saturated carbocycles. The molecular formula is C13H24N4O2S. The van der Waals surface area contributed by atoms with Crippen LogP contribution in [-0.2, 0) is 16.6 Å². The van der Waals surface area contributed by atoms with Gasteiger partial charge >= 0.3 is 0 Å². The molecule has 1 aliphatic rings. The minimum Gasteiger partial charge on any atom is -0.329 e. The Labute approximate surface area is 120 Å². The van der Waals surface area contributed by atoms with E-state index in [2.05, 4.69) is 37.5 Å². The highest BCUT2D eigenvalue weighted by Crippen LogP contribution is 2.67. The molecule has 20 heavy (non-hydrogen) atoms. The van der Waals surface area contributed by atoms with Crippen molar-refractivity contribution in [3.8, 4) is 0 Å². The topological polar surface area (TPSA) is 90.0 Å². The summed E-state index contributed by atoms with van der Waals surface area (Å²) in [6.45, 7) is 10.1. The van der Waals surface area contributed by atoms with Gasteiger partial charge in [0.1, 0.15) is 4.90 Å². The van der Waals surface area contributed by atoms with Crippen molar-refractivity contribution < 1.29 is 8.42 Å². The van der Waals surface area contributed by atoms with Gasteiger partial charge in [0.15, 0.2) is 0 Å². The van der Waals surface area contributed by atoms with Crippen molar-refractivity contribution in [2.75, 3.05) is 13.1 Å². The Balaban J connectivity index is 2.01. The summed E-state index contributed by atoms with van der Waals surface area (Å²) in [4.78, 5) is 0.196. The summed E-state index contributed by atoms with van der Waals surface area (Å²) in [6, 6.07) is 0. The van der Waals surface area contributed by atoms with E-state index in [4.69, 9.17) is 5.73 Å². The highest BCUT2D eigenvalue weighted by molar-refractivity contribution is 7.89. The van der Waals surface area contributed by atoms with Gasteiger partial charge in [-0.25, -0.2) is 13.1 Å². The second kappa shape index (κ2) is 4.82. The maximum atomic E-state index is 12.2. The lowest BCUT2D eigenvalue weighted by molar-refractivity contribution is 0.457. The molecule has 7 heteroatoms. The smallest absolute Gasteiger partial charge is 0.243 e. The maximum Gasteiger partial charge on any atom is 0.243 e. The van der Waals surface area contributed by atoms with Gasteiger partial charge in [0.05, 0.1) is 12.7 Å². The lowest BCUT2D eigenvalue weighted by Crippen LogP contribution is -2.27. The zero-order valence-corrected chi connectivity index (χ0v) is 13.4. The summed E-state index contributed by atoms with van der Waals surface area (Å²) in [5, 5.41) is 3.99. The Bertz CT molecular complexity index is 575. The van der Waals surface area contributed by atoms with Crippen molar-refractivity contribution in [3.63, 3.8) is 0 Å². The van der Waals surface area contributed by atoms with Crippen LogP contribution in [0.3, 0.4) is 0 Å². The van der Waals surface area contributed by atoms with Crippen LogP contribution in [0.25, 0.3) is 0 Å². The van der Waals surface area contributed by atoms with Gasteiger partial charge in [0.25, 0.3) is 0 Å². The highest BCUT2D eigenvalue weighted by atomic mass is 32.2. The van der Waals surface area contributed by atoms with Gasteiger partial charge in [0.2, 0.25) is 10.0 Å². The lowest BCUT2D eigenvalue weighted by Gasteiger charge is -2.05. The molecule has 1 aromatic heterocycles. The third kappa shape index (κ3) is 2.49. The number of rotatable bonds is 6. The molecular weight excluding hydrogens is 276 g/mol. The molecule has 0 atom stereocenters. The number of sulfonamides is 1. The van der Waals surface area contributed by atoms with Crippen LogP contribution >= 0.6 is 0 Å². The van der Waals surface area contributed by atoms with E-state index in [-0.39, 0.29) is 15.7 Å². The molecule has 1 aromatic rings. The molecule has 0 saturated heterocycles. The fourth-order valence-corrected chi connectivity index (χ4v) is 3.86. The van der Waals surface area contributed by atoms with Crippen molar-refractivity contribution in [2.45, 2.75) is 39.1 Å². The standard InChI is InChI=1S/C13H24N4O2S/c1-12(2)11(13(12,3)4)8-16-20(18,19)10-7-15-17(9-10)6-5-14/h7,9,11,16H,5-6,8,14H2,1-4H3. The van der Waals surface area contributed by atoms with Gasteiger partial charge in [-0.1, -0.05) is 27.7 Å². The monoisotopic (exact) mass is 300 g/mol. The molecule has 0 radical (unpaired) electrons. The van der Waals surface area contributed by atoms with Crippen LogP contribution in [-0.4, -0.2) is 31.3 Å². The van der Waals surface area contributed by atoms with E-state index in [9.17, 15) is 8.42 Å². The van der Waals surface area contributed by atoms with Crippen LogP contribution in [0.15, 0.2) is 17.3 Å². The first-order valence-electron chi connectivity index (χ1n) is 6.85. The summed E-state index contributed by atoms with van der Waals surface area (Å²) >= 11 is 0. The van der Waals surface area contributed by atoms with Gasteiger partial charge in [-0.2, -0.15) is 5.10 Å². The third-order valence-corrected chi connectivity index (χ3v) is 6.45. The second-order valence-corrected chi connectivity index (χ2v) is 8.34. The highest BCUT2D eigenvalue weighted by Gasteiger charge is 2.64. The van der Waals surface area contributed by atoms with E-state index < -0.39 is 10.0 Å². The molecule has 114 valence electrons. The molecule has 2 rings (SSSR count). The van der Waals surface area contributed by atoms with Crippen LogP contribution < -0.4 is 10.5 Å². The van der Waals surface area contributed by atoms with Crippen LogP contribution in [0.1, 0.15) is 27.7 Å². The molecule has 0 amide bonds. The van der Waals surface area contributed by atoms with Crippen molar-refractivity contribution in [1.82, 2.24) is 14.5 Å². The van der Waals surface area contributed by atoms with Crippen molar-refractivity contribution >= 4 is 10.0 Å². The molecule has 0 spiro atoms. The fraction of sp³-hybridized carbons (Fsp3) is 0.769. The molecule has 3 N–H and O–H groups in total. The van der Waals surface area contributed by atoms with Crippen molar-refractivity contribution in [1.29, 1.82) is 0 Å². The van der Waals surface area contributed by atoms with Crippen molar-refractivity contribution in [2.24, 2.45) is 22.5 Å². The van der Waals surface area contributed by atoms with E-state index in [0.717, 1.165) is 0 Å². The normalized spacial score (nSPS) is 21.1. The van der Waals surface area contributed by atoms with E-state index >= 15 is 0 Å². The minimum atomic E-state index is -3.49. The van der Waals surface area contributed by atoms with Gasteiger partial charge in [0, 0.05) is 19.3 Å². The van der Waals surface area contributed by atoms with Gasteiger partial charge < -0.3 is 5.73 Å². The Morgan fingerprint density at radius 2 is 1.95 bits per heavy atom. The van der Waals surface area contributed by atoms with E-state index in [1.165, 1.54) is 12.4 Å². The van der Waals surface area contributed by atoms with Crippen LogP contribution in [0.5, 0.6) is 0 Å². The summed E-state index contributed by atoms with van der Waals surface area (Å²) < 4.78 is 28.6. The molecule has 0 bridgehead atoms. The van der Waals surface area contributed by atoms with E-state index in [0.29, 0.717) is 25.6 Å². The van der Waals surface area contributed by atoms with E-state index in [1.807, 2.05) is 0 Å². The van der Waals surface area contributed by atoms with Gasteiger partial charge in [-0.05, 0) is 16.7 Å². The quantitative estimate of drug-likeness (QED) is 0.813. The SMILES string of the molecule is CC1(C)C(CNS(=O)(=O)c2cnn(CCN)c2)C1(C)C. The summed E-state index contributed by atoms with van der Waals surface area (Å²) in [5.41, 5.74) is 5.75. The third-order valence-electron chi connectivity index (χ3n) is 5.08. The largest absolute Gasteiger partial charge is 0.329 e. The molecule has 1 aliphatic carbocycles. The second-order valence-electron chi connectivity index (χ2n) is 6.58. The summed E-state index contributed by atoms with van der Waals surface area (Å²) in [6.07, 6.45) is 2.87. The number of nitrogens with two attached hydrogens (primary N) is 1. The molecule has 0 aromatic carbocycles. The number of nitrogens with zero attached hydrogens (tertiary/aromatic N) is 2. The Hall–Kier alpha value is -0.920. The maximum absolute atomic E-state index is 12.2. The van der Waals surface area contributed by atoms with Gasteiger partial charge in [-0.15, -0.1) is 0 Å². The number of hydrogen-bond donors (Lipinski definition) is 2. The van der Waals surface area contributed by atoms with Crippen LogP contribution in [0, 0.1) is 16.7 Å². The van der Waals surface area contributed by atoms with E-state index in [1.54, 1.807) is 4.68 Å². The summed E-state index contributed by atoms with van der Waals surface area (Å²) in [7, 11) is -3.49. The molecule has 6 nitrogen and oxygen atoms in total. The Morgan fingerprint density at radius 3 is 2.45 bits per heavy atom. The first-order valence-corrected chi connectivity index (χ1v) is 8.33. The fourth-order valence-electron chi connectivity index (χ4n) is 2.86. The minimum absolute atomic E-state index is 0.166. The van der Waals surface area contributed by atoms with Crippen molar-refractivity contribution in [3.05, 3.63) is 12.4 Å². The zero-order chi connectivity index (χ0) is 15.2. The predicted octanol–water partition coefficient (Wildman–Crippen LogP) is 0.802. The lowest BCUT2D eigenvalue weighted by atomic mass is 10.0. The average Bonchev–Trinajstić information content (AvgIpc) is 2.72. The molecule has 1 fully saturated rings. The first-order chi connectivity index (χ1) is 9.13. The molecule has 1 heterocycles. The first kappa shape index (κ1) is 15.5. The Kier molecular flexibility index (Phi) is 3.73. The van der Waals surface area contributed by atoms with Crippen LogP contribution in [0.2, 0.25) is 0 Å². The average molecular weight is 300 g/mol. The number of hydrogen-bond acceptors (Lipinski definition) is 4. The van der Waals surface area contributed by atoms with Gasteiger partial charge in [-0.3, -0.25) is 4.68 Å². The molecule has 0 unspecified atom stereocenters.